The van der Waals surface area contributed by atoms with Crippen molar-refractivity contribution in [2.75, 3.05) is 6.61 Å². The molecule has 0 aliphatic rings. The normalized spacial score (nSPS) is 12.6. The van der Waals surface area contributed by atoms with Crippen molar-refractivity contribution in [2.24, 2.45) is 0 Å². The van der Waals surface area contributed by atoms with Gasteiger partial charge in [-0.25, -0.2) is 13.2 Å². The fourth-order valence-electron chi connectivity index (χ4n) is 1.77. The van der Waals surface area contributed by atoms with Gasteiger partial charge in [-0.1, -0.05) is 11.8 Å². The van der Waals surface area contributed by atoms with E-state index in [4.69, 9.17) is 4.74 Å². The first kappa shape index (κ1) is 18.6. The maximum atomic E-state index is 14.1. The monoisotopic (exact) mass is 327 g/mol. The van der Waals surface area contributed by atoms with Crippen LogP contribution in [0.15, 0.2) is 18.2 Å². The van der Waals surface area contributed by atoms with Crippen LogP contribution in [0.3, 0.4) is 0 Å². The summed E-state index contributed by atoms with van der Waals surface area (Å²) in [5.74, 6) is 1.51. The fraction of sp³-hybridized carbons (Fsp3) is 0.375. The number of nitrogens with one attached hydrogen (secondary N) is 1. The zero-order chi connectivity index (χ0) is 17.4. The summed E-state index contributed by atoms with van der Waals surface area (Å²) < 4.78 is 44.9. The summed E-state index contributed by atoms with van der Waals surface area (Å²) in [6, 6.07) is 1.35. The van der Waals surface area contributed by atoms with Gasteiger partial charge in [0.2, 0.25) is 5.91 Å². The van der Waals surface area contributed by atoms with Gasteiger partial charge in [0.15, 0.2) is 6.17 Å². The highest BCUT2D eigenvalue weighted by atomic mass is 19.1. The van der Waals surface area contributed by atoms with Crippen LogP contribution < -0.4 is 5.32 Å². The van der Waals surface area contributed by atoms with E-state index in [9.17, 15) is 22.8 Å². The molecule has 0 spiro atoms. The Balaban J connectivity index is 2.88. The third-order valence-corrected chi connectivity index (χ3v) is 2.65. The molecule has 0 radical (unpaired) electrons. The maximum Gasteiger partial charge on any atom is 0.308 e. The van der Waals surface area contributed by atoms with Crippen LogP contribution in [0.4, 0.5) is 13.2 Å². The molecular formula is C16H16F3NO3. The molecule has 0 saturated heterocycles. The highest BCUT2D eigenvalue weighted by Crippen LogP contribution is 2.09. The predicted octanol–water partition coefficient (Wildman–Crippen LogP) is 2.11. The number of ether oxygens (including phenoxy) is 1. The smallest absolute Gasteiger partial charge is 0.308 e. The Kier molecular flexibility index (Phi) is 7.13. The van der Waals surface area contributed by atoms with Crippen molar-refractivity contribution in [3.05, 3.63) is 35.4 Å². The lowest BCUT2D eigenvalue weighted by Gasteiger charge is -2.17. The van der Waals surface area contributed by atoms with Crippen LogP contribution >= 0.6 is 0 Å². The van der Waals surface area contributed by atoms with Gasteiger partial charge in [0.25, 0.3) is 0 Å². The number of benzene rings is 1. The summed E-state index contributed by atoms with van der Waals surface area (Å²) in [4.78, 5) is 22.5. The van der Waals surface area contributed by atoms with Crippen LogP contribution in [0.2, 0.25) is 0 Å². The number of esters is 1. The van der Waals surface area contributed by atoms with Crippen LogP contribution in [0.25, 0.3) is 0 Å². The molecule has 1 N–H and O–H groups in total. The Bertz CT molecular complexity index is 617. The molecule has 1 amide bonds. The molecule has 124 valence electrons. The highest BCUT2D eigenvalue weighted by Gasteiger charge is 2.24. The largest absolute Gasteiger partial charge is 0.466 e. The number of hydrogen-bond acceptors (Lipinski definition) is 3. The van der Waals surface area contributed by atoms with E-state index in [1.807, 2.05) is 0 Å². The van der Waals surface area contributed by atoms with E-state index >= 15 is 0 Å². The van der Waals surface area contributed by atoms with E-state index in [0.29, 0.717) is 6.07 Å². The average molecular weight is 327 g/mol. The summed E-state index contributed by atoms with van der Waals surface area (Å²) in [6.07, 6.45) is -2.31. The Hall–Kier alpha value is -2.49. The van der Waals surface area contributed by atoms with Crippen molar-refractivity contribution in [3.8, 4) is 11.8 Å². The van der Waals surface area contributed by atoms with Crippen LogP contribution in [0.5, 0.6) is 0 Å². The molecule has 7 heteroatoms. The quantitative estimate of drug-likeness (QED) is 0.666. The molecule has 0 bridgehead atoms. The first-order valence-corrected chi connectivity index (χ1v) is 6.86. The number of carbonyl (C=O) groups is 2. The van der Waals surface area contributed by atoms with Gasteiger partial charge in [-0.15, -0.1) is 0 Å². The summed E-state index contributed by atoms with van der Waals surface area (Å²) >= 11 is 0. The Labute approximate surface area is 132 Å². The molecule has 1 rings (SSSR count). The number of carbonyl (C=O) groups excluding carboxylic acids is 2. The van der Waals surface area contributed by atoms with Gasteiger partial charge >= 0.3 is 5.97 Å². The van der Waals surface area contributed by atoms with Crippen molar-refractivity contribution < 1.29 is 27.5 Å². The van der Waals surface area contributed by atoms with Crippen molar-refractivity contribution >= 4 is 11.9 Å². The molecule has 0 aromatic heterocycles. The molecule has 4 nitrogen and oxygen atoms in total. The molecule has 0 heterocycles. The Morgan fingerprint density at radius 2 is 1.87 bits per heavy atom. The number of amides is 1. The molecule has 2 atom stereocenters. The van der Waals surface area contributed by atoms with Gasteiger partial charge < -0.3 is 10.1 Å². The van der Waals surface area contributed by atoms with Crippen molar-refractivity contribution in [1.29, 1.82) is 0 Å². The van der Waals surface area contributed by atoms with E-state index in [1.165, 1.54) is 6.92 Å². The summed E-state index contributed by atoms with van der Waals surface area (Å²) in [6.45, 7) is 2.88. The molecule has 0 aliphatic carbocycles. The third kappa shape index (κ3) is 6.87. The zero-order valence-electron chi connectivity index (χ0n) is 12.7. The topological polar surface area (TPSA) is 55.4 Å². The molecule has 0 fully saturated rings. The Morgan fingerprint density at radius 3 is 2.39 bits per heavy atom. The van der Waals surface area contributed by atoms with E-state index in [-0.39, 0.29) is 12.2 Å². The molecule has 1 aromatic rings. The Morgan fingerprint density at radius 1 is 1.26 bits per heavy atom. The fourth-order valence-corrected chi connectivity index (χ4v) is 1.77. The molecule has 0 saturated carbocycles. The van der Waals surface area contributed by atoms with Crippen molar-refractivity contribution in [3.63, 3.8) is 0 Å². The molecule has 0 aliphatic heterocycles. The van der Waals surface area contributed by atoms with E-state index in [1.54, 1.807) is 6.92 Å². The number of alkyl halides is 1. The van der Waals surface area contributed by atoms with E-state index < -0.39 is 42.1 Å². The highest BCUT2D eigenvalue weighted by molar-refractivity contribution is 5.75. The minimum Gasteiger partial charge on any atom is -0.466 e. The molecule has 23 heavy (non-hydrogen) atoms. The standard InChI is InChI=1S/C16H16F3NO3/c1-3-23-16(22)9-15(20-10(2)21)14(19)5-4-11-6-12(17)8-13(18)7-11/h6-8,14-15H,3,9H2,1-2H3,(H,20,21)/t14-,15-/m0/s1. The van der Waals surface area contributed by atoms with Gasteiger partial charge in [0.1, 0.15) is 11.6 Å². The molecule has 0 unspecified atom stereocenters. The van der Waals surface area contributed by atoms with Gasteiger partial charge in [-0.2, -0.15) is 0 Å². The molecular weight excluding hydrogens is 311 g/mol. The maximum absolute atomic E-state index is 14.1. The van der Waals surface area contributed by atoms with Gasteiger partial charge in [0, 0.05) is 18.6 Å². The second-order valence-electron chi connectivity index (χ2n) is 4.65. The van der Waals surface area contributed by atoms with E-state index in [0.717, 1.165) is 12.1 Å². The lowest BCUT2D eigenvalue weighted by atomic mass is 10.1. The summed E-state index contributed by atoms with van der Waals surface area (Å²) in [5, 5.41) is 2.26. The summed E-state index contributed by atoms with van der Waals surface area (Å²) in [7, 11) is 0. The molecule has 1 aromatic carbocycles. The van der Waals surface area contributed by atoms with Crippen molar-refractivity contribution in [2.45, 2.75) is 32.5 Å². The first-order chi connectivity index (χ1) is 10.8. The predicted molar refractivity (Wildman–Crippen MR) is 77.0 cm³/mol. The van der Waals surface area contributed by atoms with Crippen LogP contribution in [0, 0.1) is 23.5 Å². The minimum atomic E-state index is -1.91. The third-order valence-electron chi connectivity index (χ3n) is 2.65. The second kappa shape index (κ2) is 8.83. The van der Waals surface area contributed by atoms with Crippen LogP contribution in [-0.4, -0.2) is 30.7 Å². The number of hydrogen-bond donors (Lipinski definition) is 1. The lowest BCUT2D eigenvalue weighted by molar-refractivity contribution is -0.144. The zero-order valence-corrected chi connectivity index (χ0v) is 12.7. The number of rotatable bonds is 5. The van der Waals surface area contributed by atoms with Gasteiger partial charge in [-0.3, -0.25) is 9.59 Å². The lowest BCUT2D eigenvalue weighted by Crippen LogP contribution is -2.41. The van der Waals surface area contributed by atoms with Crippen molar-refractivity contribution in [1.82, 2.24) is 5.32 Å². The van der Waals surface area contributed by atoms with Gasteiger partial charge in [-0.05, 0) is 19.1 Å². The number of halogens is 3. The first-order valence-electron chi connectivity index (χ1n) is 6.86. The SMILES string of the molecule is CCOC(=O)C[C@H](NC(C)=O)[C@@H](F)C#Cc1cc(F)cc(F)c1. The average Bonchev–Trinajstić information content (AvgIpc) is 2.42. The summed E-state index contributed by atoms with van der Waals surface area (Å²) in [5.41, 5.74) is -0.0529. The minimum absolute atomic E-state index is 0.0529. The van der Waals surface area contributed by atoms with Crippen LogP contribution in [0.1, 0.15) is 25.8 Å². The van der Waals surface area contributed by atoms with E-state index in [2.05, 4.69) is 17.2 Å². The second-order valence-corrected chi connectivity index (χ2v) is 4.65. The van der Waals surface area contributed by atoms with Crippen LogP contribution in [-0.2, 0) is 14.3 Å². The van der Waals surface area contributed by atoms with Gasteiger partial charge in [0.05, 0.1) is 19.1 Å².